The molecule has 21 heavy (non-hydrogen) atoms. The molecule has 114 valence electrons. The van der Waals surface area contributed by atoms with E-state index in [4.69, 9.17) is 5.73 Å². The molecule has 1 aliphatic rings. The average Bonchev–Trinajstić information content (AvgIpc) is 2.80. The summed E-state index contributed by atoms with van der Waals surface area (Å²) < 4.78 is 1.75. The third-order valence-electron chi connectivity index (χ3n) is 4.54. The van der Waals surface area contributed by atoms with Crippen molar-refractivity contribution in [2.45, 2.75) is 33.6 Å². The minimum absolute atomic E-state index is 0.306. The maximum atomic E-state index is 6.07. The molecule has 1 aliphatic heterocycles. The van der Waals surface area contributed by atoms with E-state index in [1.165, 1.54) is 12.8 Å². The molecule has 6 nitrogen and oxygen atoms in total. The molecule has 1 atom stereocenters. The monoisotopic (exact) mass is 288 g/mol. The Hall–Kier alpha value is -1.85. The van der Waals surface area contributed by atoms with Crippen LogP contribution >= 0.6 is 0 Å². The lowest BCUT2D eigenvalue weighted by Crippen LogP contribution is -2.41. The van der Waals surface area contributed by atoms with Crippen molar-refractivity contribution in [3.63, 3.8) is 0 Å². The number of anilines is 2. The Bertz CT molecular complexity index is 654. The summed E-state index contributed by atoms with van der Waals surface area (Å²) >= 11 is 0. The summed E-state index contributed by atoms with van der Waals surface area (Å²) in [6.07, 6.45) is 4.17. The highest BCUT2D eigenvalue weighted by molar-refractivity contribution is 5.86. The van der Waals surface area contributed by atoms with E-state index in [1.54, 1.807) is 10.9 Å². The van der Waals surface area contributed by atoms with E-state index in [9.17, 15) is 0 Å². The molecule has 0 aromatic carbocycles. The number of nitrogens with two attached hydrogens (primary N) is 1. The SMILES string of the molecule is Cn1ncc2c(N)nc(N3CCCC(C(C)(C)C)C3)nc21. The van der Waals surface area contributed by atoms with Crippen molar-refractivity contribution in [2.24, 2.45) is 18.4 Å². The highest BCUT2D eigenvalue weighted by atomic mass is 15.3. The van der Waals surface area contributed by atoms with Gasteiger partial charge in [-0.1, -0.05) is 20.8 Å². The maximum absolute atomic E-state index is 6.07. The largest absolute Gasteiger partial charge is 0.383 e. The summed E-state index contributed by atoms with van der Waals surface area (Å²) in [5.41, 5.74) is 7.17. The number of piperidine rings is 1. The van der Waals surface area contributed by atoms with Crippen LogP contribution in [-0.4, -0.2) is 32.8 Å². The second kappa shape index (κ2) is 4.86. The lowest BCUT2D eigenvalue weighted by atomic mass is 9.76. The Kier molecular flexibility index (Phi) is 3.26. The fraction of sp³-hybridized carbons (Fsp3) is 0.667. The van der Waals surface area contributed by atoms with Crippen LogP contribution in [-0.2, 0) is 7.05 Å². The van der Waals surface area contributed by atoms with Crippen molar-refractivity contribution < 1.29 is 0 Å². The lowest BCUT2D eigenvalue weighted by Gasteiger charge is -2.39. The third kappa shape index (κ3) is 2.54. The van der Waals surface area contributed by atoms with E-state index in [1.807, 2.05) is 7.05 Å². The zero-order valence-corrected chi connectivity index (χ0v) is 13.3. The van der Waals surface area contributed by atoms with Crippen LogP contribution in [0.25, 0.3) is 11.0 Å². The second-order valence-corrected chi connectivity index (χ2v) is 7.07. The molecule has 1 saturated heterocycles. The zero-order chi connectivity index (χ0) is 15.2. The standard InChI is InChI=1S/C15H24N6/c1-15(2,3)10-6-5-7-21(9-10)14-18-12(16)11-8-17-20(4)13(11)19-14/h8,10H,5-7,9H2,1-4H3,(H2,16,18,19). The average molecular weight is 288 g/mol. The first-order valence-electron chi connectivity index (χ1n) is 7.56. The Morgan fingerprint density at radius 1 is 1.29 bits per heavy atom. The van der Waals surface area contributed by atoms with Gasteiger partial charge >= 0.3 is 0 Å². The minimum Gasteiger partial charge on any atom is -0.383 e. The number of rotatable bonds is 1. The fourth-order valence-corrected chi connectivity index (χ4v) is 3.04. The van der Waals surface area contributed by atoms with Crippen molar-refractivity contribution in [3.8, 4) is 0 Å². The number of fused-ring (bicyclic) bond motifs is 1. The van der Waals surface area contributed by atoms with Crippen LogP contribution in [0.5, 0.6) is 0 Å². The van der Waals surface area contributed by atoms with Crippen LogP contribution in [0.3, 0.4) is 0 Å². The van der Waals surface area contributed by atoms with Gasteiger partial charge in [0.15, 0.2) is 5.65 Å². The number of aryl methyl sites for hydroxylation is 1. The second-order valence-electron chi connectivity index (χ2n) is 7.07. The van der Waals surface area contributed by atoms with Crippen LogP contribution in [0.15, 0.2) is 6.20 Å². The van der Waals surface area contributed by atoms with Gasteiger partial charge in [0.25, 0.3) is 0 Å². The zero-order valence-electron chi connectivity index (χ0n) is 13.3. The minimum atomic E-state index is 0.306. The molecule has 6 heteroatoms. The Morgan fingerprint density at radius 2 is 2.05 bits per heavy atom. The summed E-state index contributed by atoms with van der Waals surface area (Å²) in [5, 5.41) is 5.04. The molecule has 0 bridgehead atoms. The van der Waals surface area contributed by atoms with Gasteiger partial charge in [-0.15, -0.1) is 0 Å². The van der Waals surface area contributed by atoms with E-state index in [0.29, 0.717) is 17.2 Å². The highest BCUT2D eigenvalue weighted by Gasteiger charge is 2.30. The molecule has 1 unspecified atom stereocenters. The number of nitrogen functional groups attached to an aromatic ring is 1. The molecular weight excluding hydrogens is 264 g/mol. The number of nitrogens with zero attached hydrogens (tertiary/aromatic N) is 5. The fourth-order valence-electron chi connectivity index (χ4n) is 3.04. The Morgan fingerprint density at radius 3 is 2.76 bits per heavy atom. The number of hydrogen-bond donors (Lipinski definition) is 1. The van der Waals surface area contributed by atoms with Gasteiger partial charge in [0.05, 0.1) is 11.6 Å². The van der Waals surface area contributed by atoms with Crippen molar-refractivity contribution in [2.75, 3.05) is 23.7 Å². The third-order valence-corrected chi connectivity index (χ3v) is 4.54. The van der Waals surface area contributed by atoms with Gasteiger partial charge in [-0.3, -0.25) is 4.68 Å². The summed E-state index contributed by atoms with van der Waals surface area (Å²) in [6, 6.07) is 0. The highest BCUT2D eigenvalue weighted by Crippen LogP contribution is 2.34. The topological polar surface area (TPSA) is 72.9 Å². The normalized spacial score (nSPS) is 20.2. The van der Waals surface area contributed by atoms with Crippen LogP contribution < -0.4 is 10.6 Å². The Balaban J connectivity index is 1.94. The quantitative estimate of drug-likeness (QED) is 0.871. The molecule has 0 saturated carbocycles. The predicted octanol–water partition coefficient (Wildman–Crippen LogP) is 2.21. The molecule has 2 aromatic rings. The van der Waals surface area contributed by atoms with E-state index in [0.717, 1.165) is 30.1 Å². The molecule has 3 heterocycles. The summed E-state index contributed by atoms with van der Waals surface area (Å²) in [4.78, 5) is 11.4. The molecular formula is C15H24N6. The van der Waals surface area contributed by atoms with Crippen molar-refractivity contribution in [3.05, 3.63) is 6.20 Å². The molecule has 0 amide bonds. The molecule has 0 radical (unpaired) electrons. The van der Waals surface area contributed by atoms with Crippen LogP contribution in [0.1, 0.15) is 33.6 Å². The molecule has 2 N–H and O–H groups in total. The van der Waals surface area contributed by atoms with Crippen molar-refractivity contribution >= 4 is 22.8 Å². The first kappa shape index (κ1) is 14.1. The summed E-state index contributed by atoms with van der Waals surface area (Å²) in [7, 11) is 1.88. The van der Waals surface area contributed by atoms with Gasteiger partial charge in [0.2, 0.25) is 5.95 Å². The molecule has 3 rings (SSSR count). The van der Waals surface area contributed by atoms with Crippen molar-refractivity contribution in [1.82, 2.24) is 19.7 Å². The van der Waals surface area contributed by atoms with Crippen molar-refractivity contribution in [1.29, 1.82) is 0 Å². The van der Waals surface area contributed by atoms with Gasteiger partial charge in [0, 0.05) is 20.1 Å². The summed E-state index contributed by atoms with van der Waals surface area (Å²) in [5.74, 6) is 1.90. The van der Waals surface area contributed by atoms with E-state index < -0.39 is 0 Å². The van der Waals surface area contributed by atoms with E-state index in [2.05, 4.69) is 40.7 Å². The van der Waals surface area contributed by atoms with Gasteiger partial charge in [-0.2, -0.15) is 15.1 Å². The smallest absolute Gasteiger partial charge is 0.229 e. The van der Waals surface area contributed by atoms with Crippen LogP contribution in [0, 0.1) is 11.3 Å². The van der Waals surface area contributed by atoms with E-state index >= 15 is 0 Å². The van der Waals surface area contributed by atoms with Gasteiger partial charge in [0.1, 0.15) is 5.82 Å². The Labute approximate surface area is 125 Å². The molecule has 0 aliphatic carbocycles. The predicted molar refractivity (Wildman–Crippen MR) is 85.1 cm³/mol. The molecule has 1 fully saturated rings. The maximum Gasteiger partial charge on any atom is 0.229 e. The first-order chi connectivity index (χ1) is 9.86. The number of hydrogen-bond acceptors (Lipinski definition) is 5. The molecule has 2 aromatic heterocycles. The van der Waals surface area contributed by atoms with Gasteiger partial charge < -0.3 is 10.6 Å². The van der Waals surface area contributed by atoms with Crippen LogP contribution in [0.4, 0.5) is 11.8 Å². The lowest BCUT2D eigenvalue weighted by molar-refractivity contribution is 0.207. The number of aromatic nitrogens is 4. The van der Waals surface area contributed by atoms with Gasteiger partial charge in [-0.25, -0.2) is 0 Å². The first-order valence-corrected chi connectivity index (χ1v) is 7.56. The van der Waals surface area contributed by atoms with Gasteiger partial charge in [-0.05, 0) is 24.2 Å². The molecule has 0 spiro atoms. The summed E-state index contributed by atoms with van der Waals surface area (Å²) in [6.45, 7) is 8.91. The van der Waals surface area contributed by atoms with Crippen LogP contribution in [0.2, 0.25) is 0 Å². The van der Waals surface area contributed by atoms with E-state index in [-0.39, 0.29) is 0 Å².